The van der Waals surface area contributed by atoms with Crippen LogP contribution in [0, 0.1) is 10.8 Å². The van der Waals surface area contributed by atoms with Crippen molar-refractivity contribution >= 4 is 12.0 Å². The van der Waals surface area contributed by atoms with E-state index in [1.54, 1.807) is 0 Å². The molecule has 1 saturated heterocycles. The van der Waals surface area contributed by atoms with Gasteiger partial charge in [0.15, 0.2) is 0 Å². The lowest BCUT2D eigenvalue weighted by Gasteiger charge is -2.43. The van der Waals surface area contributed by atoms with Crippen molar-refractivity contribution in [2.24, 2.45) is 10.8 Å². The van der Waals surface area contributed by atoms with Gasteiger partial charge in [0, 0.05) is 18.3 Å². The predicted octanol–water partition coefficient (Wildman–Crippen LogP) is 4.77. The summed E-state index contributed by atoms with van der Waals surface area (Å²) in [5, 5.41) is 7.18. The molecule has 1 aliphatic heterocycles. The van der Waals surface area contributed by atoms with Gasteiger partial charge in [0.2, 0.25) is 0 Å². The van der Waals surface area contributed by atoms with Crippen LogP contribution in [0.15, 0.2) is 24.3 Å². The number of carbonyl (C=O) groups is 1. The van der Waals surface area contributed by atoms with E-state index >= 15 is 0 Å². The Morgan fingerprint density at radius 2 is 1.96 bits per heavy atom. The molecule has 0 radical (unpaired) electrons. The summed E-state index contributed by atoms with van der Waals surface area (Å²) in [7, 11) is 0. The van der Waals surface area contributed by atoms with Gasteiger partial charge >= 0.3 is 0 Å². The molecule has 2 atom stereocenters. The van der Waals surface area contributed by atoms with E-state index in [4.69, 9.17) is 0 Å². The Bertz CT molecular complexity index is 582. The van der Waals surface area contributed by atoms with Gasteiger partial charge in [-0.1, -0.05) is 53.7 Å². The number of rotatable bonds is 5. The fourth-order valence-electron chi connectivity index (χ4n) is 3.72. The molecule has 0 aromatic heterocycles. The lowest BCUT2D eigenvalue weighted by Crippen LogP contribution is -2.55. The van der Waals surface area contributed by atoms with E-state index < -0.39 is 0 Å². The molecule has 0 amide bonds. The molecule has 1 fully saturated rings. The Morgan fingerprint density at radius 1 is 1.24 bits per heavy atom. The second-order valence-electron chi connectivity index (χ2n) is 9.91. The van der Waals surface area contributed by atoms with Crippen LogP contribution < -0.4 is 10.6 Å². The third-order valence-electron chi connectivity index (χ3n) is 5.31. The third-order valence-corrected chi connectivity index (χ3v) is 5.31. The zero-order valence-corrected chi connectivity index (χ0v) is 16.9. The first kappa shape index (κ1) is 20.0. The van der Waals surface area contributed by atoms with Crippen molar-refractivity contribution in [3.05, 3.63) is 29.8 Å². The first-order chi connectivity index (χ1) is 11.6. The lowest BCUT2D eigenvalue weighted by molar-refractivity contribution is -0.119. The summed E-state index contributed by atoms with van der Waals surface area (Å²) in [5.74, 6) is 0. The number of aldehydes is 1. The minimum absolute atomic E-state index is 0.126. The standard InChI is InChI=1S/C22H36N2O/c1-20(2,3)14-19-22(16-25,11-8-12-23-19)15-24-18-10-7-9-17(13-18)21(4,5)6/h7,9-10,13,16,19,23-24H,8,11-12,14-15H2,1-6H3. The summed E-state index contributed by atoms with van der Waals surface area (Å²) in [4.78, 5) is 12.1. The Labute approximate surface area is 154 Å². The van der Waals surface area contributed by atoms with Gasteiger partial charge in [0.1, 0.15) is 6.29 Å². The Kier molecular flexibility index (Phi) is 5.98. The molecule has 3 heteroatoms. The molecule has 0 saturated carbocycles. The van der Waals surface area contributed by atoms with Crippen LogP contribution >= 0.6 is 0 Å². The van der Waals surface area contributed by atoms with Gasteiger partial charge in [-0.05, 0) is 54.3 Å². The van der Waals surface area contributed by atoms with Gasteiger partial charge in [-0.15, -0.1) is 0 Å². The van der Waals surface area contributed by atoms with Crippen molar-refractivity contribution in [2.45, 2.75) is 72.3 Å². The van der Waals surface area contributed by atoms with Crippen LogP contribution in [0.4, 0.5) is 5.69 Å². The van der Waals surface area contributed by atoms with Crippen molar-refractivity contribution in [2.75, 3.05) is 18.4 Å². The summed E-state index contributed by atoms with van der Waals surface area (Å²) in [6, 6.07) is 8.82. The zero-order valence-electron chi connectivity index (χ0n) is 16.9. The maximum Gasteiger partial charge on any atom is 0.129 e. The molecule has 2 N–H and O–H groups in total. The highest BCUT2D eigenvalue weighted by Crippen LogP contribution is 2.36. The van der Waals surface area contributed by atoms with E-state index in [0.717, 1.165) is 31.5 Å². The SMILES string of the molecule is CC(C)(C)CC1NCCCC1(C=O)CNc1cccc(C(C)(C)C)c1. The minimum atomic E-state index is -0.330. The van der Waals surface area contributed by atoms with Crippen molar-refractivity contribution in [1.29, 1.82) is 0 Å². The van der Waals surface area contributed by atoms with E-state index in [0.29, 0.717) is 6.54 Å². The smallest absolute Gasteiger partial charge is 0.129 e. The van der Waals surface area contributed by atoms with Crippen molar-refractivity contribution < 1.29 is 4.79 Å². The topological polar surface area (TPSA) is 41.1 Å². The summed E-state index contributed by atoms with van der Waals surface area (Å²) >= 11 is 0. The third kappa shape index (κ3) is 5.31. The number of piperidine rings is 1. The van der Waals surface area contributed by atoms with E-state index in [9.17, 15) is 4.79 Å². The number of benzene rings is 1. The monoisotopic (exact) mass is 344 g/mol. The van der Waals surface area contributed by atoms with Gasteiger partial charge in [0.25, 0.3) is 0 Å². The second-order valence-corrected chi connectivity index (χ2v) is 9.91. The number of anilines is 1. The second kappa shape index (κ2) is 7.49. The molecule has 2 unspecified atom stereocenters. The summed E-state index contributed by atoms with van der Waals surface area (Å²) in [6.45, 7) is 15.1. The summed E-state index contributed by atoms with van der Waals surface area (Å²) in [6.07, 6.45) is 4.23. The van der Waals surface area contributed by atoms with Crippen LogP contribution in [-0.2, 0) is 10.2 Å². The van der Waals surface area contributed by atoms with Crippen molar-refractivity contribution in [3.63, 3.8) is 0 Å². The van der Waals surface area contributed by atoms with Crippen LogP contribution in [0.25, 0.3) is 0 Å². The van der Waals surface area contributed by atoms with Gasteiger partial charge in [-0.2, -0.15) is 0 Å². The highest BCUT2D eigenvalue weighted by atomic mass is 16.1. The zero-order chi connectivity index (χ0) is 18.7. The van der Waals surface area contributed by atoms with Gasteiger partial charge < -0.3 is 15.4 Å². The van der Waals surface area contributed by atoms with E-state index in [-0.39, 0.29) is 22.3 Å². The Hall–Kier alpha value is -1.35. The molecule has 0 aliphatic carbocycles. The molecule has 140 valence electrons. The molecule has 2 rings (SSSR count). The predicted molar refractivity (Wildman–Crippen MR) is 107 cm³/mol. The molecular weight excluding hydrogens is 308 g/mol. The van der Waals surface area contributed by atoms with Crippen LogP contribution in [-0.4, -0.2) is 25.4 Å². The highest BCUT2D eigenvalue weighted by Gasteiger charge is 2.42. The maximum absolute atomic E-state index is 12.1. The molecule has 1 heterocycles. The first-order valence-electron chi connectivity index (χ1n) is 9.60. The summed E-state index contributed by atoms with van der Waals surface area (Å²) < 4.78 is 0. The van der Waals surface area contributed by atoms with Crippen LogP contribution in [0.2, 0.25) is 0 Å². The molecule has 25 heavy (non-hydrogen) atoms. The molecule has 0 bridgehead atoms. The average Bonchev–Trinajstić information content (AvgIpc) is 2.52. The first-order valence-corrected chi connectivity index (χ1v) is 9.60. The highest BCUT2D eigenvalue weighted by molar-refractivity contribution is 5.63. The number of hydrogen-bond donors (Lipinski definition) is 2. The van der Waals surface area contributed by atoms with Crippen LogP contribution in [0.5, 0.6) is 0 Å². The Balaban J connectivity index is 2.16. The van der Waals surface area contributed by atoms with E-state index in [2.05, 4.69) is 76.4 Å². The molecular formula is C22H36N2O. The van der Waals surface area contributed by atoms with Gasteiger partial charge in [0.05, 0.1) is 5.41 Å². The lowest BCUT2D eigenvalue weighted by atomic mass is 9.69. The fourth-order valence-corrected chi connectivity index (χ4v) is 3.72. The minimum Gasteiger partial charge on any atom is -0.384 e. The summed E-state index contributed by atoms with van der Waals surface area (Å²) in [5.41, 5.74) is 2.42. The molecule has 3 nitrogen and oxygen atoms in total. The van der Waals surface area contributed by atoms with Crippen LogP contribution in [0.1, 0.15) is 66.4 Å². The Morgan fingerprint density at radius 3 is 2.56 bits per heavy atom. The molecule has 1 aromatic carbocycles. The molecule has 0 spiro atoms. The largest absolute Gasteiger partial charge is 0.384 e. The number of hydrogen-bond acceptors (Lipinski definition) is 3. The fraction of sp³-hybridized carbons (Fsp3) is 0.682. The number of nitrogens with one attached hydrogen (secondary N) is 2. The molecule has 1 aliphatic rings. The quantitative estimate of drug-likeness (QED) is 0.756. The maximum atomic E-state index is 12.1. The van der Waals surface area contributed by atoms with Gasteiger partial charge in [-0.3, -0.25) is 0 Å². The van der Waals surface area contributed by atoms with Crippen molar-refractivity contribution in [1.82, 2.24) is 5.32 Å². The van der Waals surface area contributed by atoms with E-state index in [1.807, 2.05) is 0 Å². The van der Waals surface area contributed by atoms with E-state index in [1.165, 1.54) is 11.8 Å². The normalized spacial score (nSPS) is 24.8. The average molecular weight is 345 g/mol. The van der Waals surface area contributed by atoms with Gasteiger partial charge in [-0.25, -0.2) is 0 Å². The van der Waals surface area contributed by atoms with Crippen molar-refractivity contribution in [3.8, 4) is 0 Å². The molecule has 1 aromatic rings. The van der Waals surface area contributed by atoms with Crippen LogP contribution in [0.3, 0.4) is 0 Å². The number of carbonyl (C=O) groups excluding carboxylic acids is 1.